The molecule has 2 fully saturated rings. The molecule has 0 spiro atoms. The van der Waals surface area contributed by atoms with Crippen LogP contribution in [0.4, 0.5) is 11.4 Å². The van der Waals surface area contributed by atoms with Gasteiger partial charge in [-0.05, 0) is 110 Å². The number of halogens is 1. The number of hydrogen-bond donors (Lipinski definition) is 2. The fraction of sp³-hybridized carbons (Fsp3) is 0.404. The normalized spacial score (nSPS) is 19.5. The third kappa shape index (κ3) is 10.3. The number of sulfonamides is 1. The van der Waals surface area contributed by atoms with Crippen LogP contribution in [0.5, 0.6) is 17.2 Å². The number of aromatic amines is 1. The summed E-state index contributed by atoms with van der Waals surface area (Å²) < 4.78 is 48.0. The van der Waals surface area contributed by atoms with Crippen molar-refractivity contribution in [2.45, 2.75) is 69.8 Å². The summed E-state index contributed by atoms with van der Waals surface area (Å²) in [4.78, 5) is 37.2. The molecule has 0 bridgehead atoms. The Labute approximate surface area is 372 Å². The number of nitro groups is 1. The number of piperazine rings is 1. The fourth-order valence-electron chi connectivity index (χ4n) is 8.95. The number of rotatable bonds is 14. The molecular formula is C47H53ClN6O8S. The first-order valence-electron chi connectivity index (χ1n) is 21.4. The maximum Gasteiger partial charge on any atom is 0.312 e. The molecule has 16 heteroatoms. The van der Waals surface area contributed by atoms with Gasteiger partial charge in [0.1, 0.15) is 22.0 Å². The lowest BCUT2D eigenvalue weighted by Crippen LogP contribution is -2.47. The van der Waals surface area contributed by atoms with Crippen molar-refractivity contribution in [2.75, 3.05) is 51.3 Å². The predicted molar refractivity (Wildman–Crippen MR) is 243 cm³/mol. The van der Waals surface area contributed by atoms with Crippen LogP contribution < -0.4 is 19.1 Å². The number of ether oxygens (including phenoxy) is 3. The Morgan fingerprint density at radius 2 is 1.78 bits per heavy atom. The van der Waals surface area contributed by atoms with E-state index in [0.717, 1.165) is 80.7 Å². The van der Waals surface area contributed by atoms with Crippen LogP contribution in [0.2, 0.25) is 5.02 Å². The van der Waals surface area contributed by atoms with Crippen LogP contribution in [-0.4, -0.2) is 86.7 Å². The third-order valence-electron chi connectivity index (χ3n) is 12.6. The van der Waals surface area contributed by atoms with Crippen molar-refractivity contribution in [3.05, 3.63) is 117 Å². The number of allylic oxidation sites excluding steroid dienone is 1. The molecule has 2 N–H and O–H groups in total. The highest BCUT2D eigenvalue weighted by atomic mass is 35.5. The lowest BCUT2D eigenvalue weighted by Gasteiger charge is -2.39. The summed E-state index contributed by atoms with van der Waals surface area (Å²) in [5.74, 6) is -0.886. The van der Waals surface area contributed by atoms with Gasteiger partial charge < -0.3 is 24.1 Å². The van der Waals surface area contributed by atoms with E-state index in [2.05, 4.69) is 50.5 Å². The Kier molecular flexibility index (Phi) is 13.1. The first kappa shape index (κ1) is 44.1. The summed E-state index contributed by atoms with van der Waals surface area (Å²) in [6.07, 6.45) is 9.75. The van der Waals surface area contributed by atoms with Crippen molar-refractivity contribution in [3.8, 4) is 17.2 Å². The zero-order valence-electron chi connectivity index (χ0n) is 35.8. The van der Waals surface area contributed by atoms with Gasteiger partial charge in [-0.25, -0.2) is 18.1 Å². The smallest absolute Gasteiger partial charge is 0.312 e. The van der Waals surface area contributed by atoms with Crippen LogP contribution in [0.15, 0.2) is 95.7 Å². The van der Waals surface area contributed by atoms with E-state index < -0.39 is 37.2 Å². The number of amides is 1. The maximum atomic E-state index is 14.1. The van der Waals surface area contributed by atoms with Crippen molar-refractivity contribution in [2.24, 2.45) is 11.3 Å². The van der Waals surface area contributed by atoms with Gasteiger partial charge >= 0.3 is 5.69 Å². The number of benzene rings is 3. The van der Waals surface area contributed by atoms with Crippen molar-refractivity contribution < 1.29 is 32.3 Å². The molecular weight excluding hydrogens is 844 g/mol. The predicted octanol–water partition coefficient (Wildman–Crippen LogP) is 9.41. The minimum atomic E-state index is -4.70. The van der Waals surface area contributed by atoms with E-state index in [1.165, 1.54) is 41.1 Å². The molecule has 8 rings (SSSR count). The van der Waals surface area contributed by atoms with E-state index in [-0.39, 0.29) is 35.4 Å². The number of pyridine rings is 1. The van der Waals surface area contributed by atoms with Gasteiger partial charge in [-0.15, -0.1) is 0 Å². The Hall–Kier alpha value is -5.48. The van der Waals surface area contributed by atoms with Gasteiger partial charge in [-0.3, -0.25) is 19.8 Å². The van der Waals surface area contributed by atoms with E-state index >= 15 is 0 Å². The third-order valence-corrected chi connectivity index (χ3v) is 14.2. The van der Waals surface area contributed by atoms with Crippen LogP contribution in [0.3, 0.4) is 0 Å². The van der Waals surface area contributed by atoms with Crippen LogP contribution in [0.1, 0.15) is 74.7 Å². The standard InChI is InChI=1S/C47H53ClN6O8S/c1-47(2)19-17-34(40(27-47)32-9-11-35(48)12-10-32)29-52-21-23-53(24-22-52)36-13-16-39(42(26-36)62-38-25-33-18-20-49-45(33)50-28-38)46(55)51-63(58,59)43-6-4-5-41(54(56)57)44(43)61-30-31-7-14-37(60-3)15-8-31/h4-6,9-13,16,18,20,25-26,28,31,37H,7-8,14-15,17,19,21-24,27,29-30H2,1-3H3,(H,49,50)(H,51,55)/t31-,37-. The summed E-state index contributed by atoms with van der Waals surface area (Å²) >= 11 is 6.25. The number of aromatic nitrogens is 2. The van der Waals surface area contributed by atoms with Gasteiger partial charge in [-0.1, -0.05) is 49.2 Å². The number of H-pyrrole nitrogens is 1. The molecule has 332 valence electrons. The first-order chi connectivity index (χ1) is 30.2. The topological polar surface area (TPSA) is 169 Å². The van der Waals surface area contributed by atoms with E-state index in [1.54, 1.807) is 37.6 Å². The second-order valence-electron chi connectivity index (χ2n) is 17.5. The van der Waals surface area contributed by atoms with Gasteiger partial charge in [0, 0.05) is 74.3 Å². The van der Waals surface area contributed by atoms with Gasteiger partial charge in [0.25, 0.3) is 15.9 Å². The van der Waals surface area contributed by atoms with Gasteiger partial charge in [0.15, 0.2) is 0 Å². The molecule has 1 amide bonds. The molecule has 0 radical (unpaired) electrons. The fourth-order valence-corrected chi connectivity index (χ4v) is 10.2. The number of para-hydroxylation sites is 1. The Balaban J connectivity index is 1.02. The highest BCUT2D eigenvalue weighted by Crippen LogP contribution is 2.44. The summed E-state index contributed by atoms with van der Waals surface area (Å²) in [5, 5.41) is 13.6. The zero-order valence-corrected chi connectivity index (χ0v) is 37.3. The average Bonchev–Trinajstić information content (AvgIpc) is 3.75. The molecule has 3 aromatic carbocycles. The quantitative estimate of drug-likeness (QED) is 0.0805. The van der Waals surface area contributed by atoms with Crippen molar-refractivity contribution in [1.82, 2.24) is 19.6 Å². The molecule has 0 unspecified atom stereocenters. The average molecular weight is 897 g/mol. The summed E-state index contributed by atoms with van der Waals surface area (Å²) in [5.41, 5.74) is 5.21. The second-order valence-corrected chi connectivity index (χ2v) is 19.6. The molecule has 5 aromatic rings. The van der Waals surface area contributed by atoms with Crippen LogP contribution in [-0.2, 0) is 14.8 Å². The number of carbonyl (C=O) groups excluding carboxylic acids is 1. The highest BCUT2D eigenvalue weighted by Gasteiger charge is 2.33. The summed E-state index contributed by atoms with van der Waals surface area (Å²) in [6, 6.07) is 20.5. The largest absolute Gasteiger partial charge is 0.486 e. The Morgan fingerprint density at radius 3 is 2.51 bits per heavy atom. The van der Waals surface area contributed by atoms with Crippen LogP contribution in [0, 0.1) is 21.4 Å². The van der Waals surface area contributed by atoms with E-state index in [1.807, 2.05) is 18.2 Å². The van der Waals surface area contributed by atoms with E-state index in [0.29, 0.717) is 24.5 Å². The molecule has 14 nitrogen and oxygen atoms in total. The monoisotopic (exact) mass is 896 g/mol. The van der Waals surface area contributed by atoms with Crippen molar-refractivity contribution in [3.63, 3.8) is 0 Å². The molecule has 0 atom stereocenters. The second kappa shape index (κ2) is 18.7. The molecule has 3 heterocycles. The lowest BCUT2D eigenvalue weighted by atomic mass is 9.72. The Bertz CT molecular complexity index is 2620. The molecule has 1 saturated carbocycles. The Morgan fingerprint density at radius 1 is 1.02 bits per heavy atom. The lowest BCUT2D eigenvalue weighted by molar-refractivity contribution is -0.386. The maximum absolute atomic E-state index is 14.1. The number of fused-ring (bicyclic) bond motifs is 1. The van der Waals surface area contributed by atoms with Crippen LogP contribution >= 0.6 is 11.6 Å². The minimum absolute atomic E-state index is 0.0532. The van der Waals surface area contributed by atoms with Gasteiger partial charge in [0.05, 0.1) is 29.4 Å². The number of carbonyl (C=O) groups is 1. The van der Waals surface area contributed by atoms with Crippen molar-refractivity contribution >= 4 is 55.5 Å². The zero-order chi connectivity index (χ0) is 44.3. The summed E-state index contributed by atoms with van der Waals surface area (Å²) in [6.45, 7) is 8.68. The number of anilines is 1. The molecule has 1 aliphatic heterocycles. The number of nitro benzene ring substituents is 1. The van der Waals surface area contributed by atoms with E-state index in [4.69, 9.17) is 25.8 Å². The molecule has 3 aliphatic rings. The first-order valence-corrected chi connectivity index (χ1v) is 23.3. The summed E-state index contributed by atoms with van der Waals surface area (Å²) in [7, 11) is -3.03. The molecule has 2 aliphatic carbocycles. The van der Waals surface area contributed by atoms with E-state index in [9.17, 15) is 23.3 Å². The number of nitrogens with one attached hydrogen (secondary N) is 2. The number of nitrogens with zero attached hydrogens (tertiary/aromatic N) is 4. The molecule has 2 aromatic heterocycles. The highest BCUT2D eigenvalue weighted by molar-refractivity contribution is 7.90. The van der Waals surface area contributed by atoms with Gasteiger partial charge in [-0.2, -0.15) is 0 Å². The molecule has 1 saturated heterocycles. The van der Waals surface area contributed by atoms with Gasteiger partial charge in [0.2, 0.25) is 5.75 Å². The number of hydrogen-bond acceptors (Lipinski definition) is 11. The van der Waals surface area contributed by atoms with Crippen LogP contribution in [0.25, 0.3) is 16.6 Å². The molecule has 63 heavy (non-hydrogen) atoms. The minimum Gasteiger partial charge on any atom is -0.486 e. The number of methoxy groups -OCH3 is 1. The van der Waals surface area contributed by atoms with Crippen molar-refractivity contribution in [1.29, 1.82) is 0 Å². The SMILES string of the molecule is CO[C@H]1CC[C@H](COc2c([N+](=O)[O-])cccc2S(=O)(=O)NC(=O)c2ccc(N3CCN(CC4=C(c5ccc(Cl)cc5)CC(C)(C)CC4)CC3)cc2Oc2cnc3[nH]ccc3c2)CC1.